The summed E-state index contributed by atoms with van der Waals surface area (Å²) in [6, 6.07) is 32.1. The van der Waals surface area contributed by atoms with Gasteiger partial charge in [0.25, 0.3) is 0 Å². The highest BCUT2D eigenvalue weighted by Crippen LogP contribution is 2.61. The molecule has 35 heavy (non-hydrogen) atoms. The molecule has 1 heterocycles. The highest BCUT2D eigenvalue weighted by atomic mass is 15.3. The maximum Gasteiger partial charge on any atom is 0.0517 e. The SMILES string of the molecule is Cc1cc2c(cc1-c1ccc3c(c1)Cc1ccccc1-3)C1(C)CCCCC1(C)N2c1ccccc1. The zero-order valence-electron chi connectivity index (χ0n) is 21.1. The first-order chi connectivity index (χ1) is 17.0. The molecule has 4 aromatic rings. The van der Waals surface area contributed by atoms with Crippen molar-refractivity contribution in [3.8, 4) is 22.3 Å². The molecule has 1 saturated carbocycles. The van der Waals surface area contributed by atoms with Crippen molar-refractivity contribution in [2.24, 2.45) is 0 Å². The molecule has 2 aliphatic carbocycles. The van der Waals surface area contributed by atoms with E-state index in [0.29, 0.717) is 0 Å². The monoisotopic (exact) mass is 455 g/mol. The van der Waals surface area contributed by atoms with Gasteiger partial charge in [-0.25, -0.2) is 0 Å². The average molecular weight is 456 g/mol. The van der Waals surface area contributed by atoms with Crippen molar-refractivity contribution in [2.45, 2.75) is 63.8 Å². The number of rotatable bonds is 2. The van der Waals surface area contributed by atoms with Gasteiger partial charge < -0.3 is 4.90 Å². The lowest BCUT2D eigenvalue weighted by Gasteiger charge is -2.50. The zero-order valence-corrected chi connectivity index (χ0v) is 21.1. The number of benzene rings is 4. The number of para-hydroxylation sites is 1. The molecule has 4 aromatic carbocycles. The van der Waals surface area contributed by atoms with E-state index in [-0.39, 0.29) is 11.0 Å². The molecule has 0 bridgehead atoms. The summed E-state index contributed by atoms with van der Waals surface area (Å²) in [5, 5.41) is 0. The van der Waals surface area contributed by atoms with Crippen LogP contribution < -0.4 is 4.90 Å². The summed E-state index contributed by atoms with van der Waals surface area (Å²) in [4.78, 5) is 2.68. The van der Waals surface area contributed by atoms with E-state index in [4.69, 9.17) is 0 Å². The third-order valence-electron chi connectivity index (χ3n) is 9.57. The van der Waals surface area contributed by atoms with Crippen LogP contribution in [0.4, 0.5) is 11.4 Å². The van der Waals surface area contributed by atoms with Crippen molar-refractivity contribution in [3.63, 3.8) is 0 Å². The van der Waals surface area contributed by atoms with E-state index in [9.17, 15) is 0 Å². The van der Waals surface area contributed by atoms with Gasteiger partial charge in [-0.05, 0) is 102 Å². The molecule has 2 atom stereocenters. The Morgan fingerprint density at radius 3 is 2.29 bits per heavy atom. The van der Waals surface area contributed by atoms with Gasteiger partial charge in [0.1, 0.15) is 0 Å². The quantitative estimate of drug-likeness (QED) is 0.257. The fourth-order valence-corrected chi connectivity index (χ4v) is 7.49. The largest absolute Gasteiger partial charge is 0.334 e. The van der Waals surface area contributed by atoms with Crippen LogP contribution in [0.25, 0.3) is 22.3 Å². The second-order valence-corrected chi connectivity index (χ2v) is 11.4. The Hall–Kier alpha value is -3.32. The maximum absolute atomic E-state index is 2.68. The van der Waals surface area contributed by atoms with Crippen LogP contribution in [0.5, 0.6) is 0 Å². The number of nitrogens with zero attached hydrogens (tertiary/aromatic N) is 1. The van der Waals surface area contributed by atoms with Gasteiger partial charge in [0, 0.05) is 16.8 Å². The fourth-order valence-electron chi connectivity index (χ4n) is 7.49. The van der Waals surface area contributed by atoms with Gasteiger partial charge in [-0.1, -0.05) is 80.4 Å². The predicted molar refractivity (Wildman–Crippen MR) is 148 cm³/mol. The first-order valence-electron chi connectivity index (χ1n) is 13.2. The van der Waals surface area contributed by atoms with E-state index >= 15 is 0 Å². The summed E-state index contributed by atoms with van der Waals surface area (Å²) in [5.74, 6) is 0. The van der Waals surface area contributed by atoms with E-state index in [1.807, 2.05) is 0 Å². The standard InChI is InChI=1S/C34H33N/c1-23-19-32-31(33(2)17-9-10-18-34(33,3)35(32)27-12-5-4-6-13-27)22-30(23)25-15-16-29-26(21-25)20-24-11-7-8-14-28(24)29/h4-8,11-16,19,21-22H,9-10,17-18,20H2,1-3H3. The van der Waals surface area contributed by atoms with Crippen LogP contribution >= 0.6 is 0 Å². The van der Waals surface area contributed by atoms with Gasteiger partial charge in [0.2, 0.25) is 0 Å². The van der Waals surface area contributed by atoms with Crippen molar-refractivity contribution in [3.05, 3.63) is 107 Å². The molecule has 7 rings (SSSR count). The molecule has 0 spiro atoms. The second-order valence-electron chi connectivity index (χ2n) is 11.4. The third kappa shape index (κ3) is 2.82. The summed E-state index contributed by atoms with van der Waals surface area (Å²) >= 11 is 0. The molecule has 0 radical (unpaired) electrons. The molecular weight excluding hydrogens is 422 g/mol. The minimum absolute atomic E-state index is 0.0968. The minimum Gasteiger partial charge on any atom is -0.334 e. The fraction of sp³-hybridized carbons (Fsp3) is 0.294. The van der Waals surface area contributed by atoms with Crippen molar-refractivity contribution in [2.75, 3.05) is 4.90 Å². The molecule has 1 fully saturated rings. The van der Waals surface area contributed by atoms with Crippen LogP contribution in [0.1, 0.15) is 61.8 Å². The van der Waals surface area contributed by atoms with Crippen molar-refractivity contribution in [1.82, 2.24) is 0 Å². The van der Waals surface area contributed by atoms with Gasteiger partial charge in [0.05, 0.1) is 5.54 Å². The molecule has 0 N–H and O–H groups in total. The Labute approximate surface area is 209 Å². The summed E-state index contributed by atoms with van der Waals surface area (Å²) in [5.41, 5.74) is 14.4. The number of fused-ring (bicyclic) bond motifs is 6. The Morgan fingerprint density at radius 1 is 0.686 bits per heavy atom. The number of anilines is 2. The summed E-state index contributed by atoms with van der Waals surface area (Å²) in [7, 11) is 0. The van der Waals surface area contributed by atoms with Gasteiger partial charge in [-0.15, -0.1) is 0 Å². The van der Waals surface area contributed by atoms with Crippen LogP contribution in [0.15, 0.2) is 84.9 Å². The van der Waals surface area contributed by atoms with Gasteiger partial charge >= 0.3 is 0 Å². The van der Waals surface area contributed by atoms with Crippen LogP contribution in [0, 0.1) is 6.92 Å². The number of hydrogen-bond acceptors (Lipinski definition) is 1. The Morgan fingerprint density at radius 2 is 1.43 bits per heavy atom. The maximum atomic E-state index is 2.68. The molecule has 0 aromatic heterocycles. The lowest BCUT2D eigenvalue weighted by molar-refractivity contribution is 0.195. The molecule has 1 nitrogen and oxygen atoms in total. The lowest BCUT2D eigenvalue weighted by Crippen LogP contribution is -2.54. The molecule has 2 unspecified atom stereocenters. The number of aryl methyl sites for hydroxylation is 1. The van der Waals surface area contributed by atoms with Crippen molar-refractivity contribution >= 4 is 11.4 Å². The highest BCUT2D eigenvalue weighted by Gasteiger charge is 2.57. The molecule has 3 aliphatic rings. The Kier molecular flexibility index (Phi) is 4.40. The first kappa shape index (κ1) is 21.0. The molecule has 1 aliphatic heterocycles. The van der Waals surface area contributed by atoms with Gasteiger partial charge in [-0.2, -0.15) is 0 Å². The van der Waals surface area contributed by atoms with Gasteiger partial charge in [0.15, 0.2) is 0 Å². The van der Waals surface area contributed by atoms with E-state index in [1.165, 1.54) is 81.6 Å². The first-order valence-corrected chi connectivity index (χ1v) is 13.2. The van der Waals surface area contributed by atoms with Crippen LogP contribution in [0.2, 0.25) is 0 Å². The molecule has 1 heteroatoms. The van der Waals surface area contributed by atoms with Crippen LogP contribution in [0.3, 0.4) is 0 Å². The van der Waals surface area contributed by atoms with E-state index in [0.717, 1.165) is 6.42 Å². The van der Waals surface area contributed by atoms with Gasteiger partial charge in [-0.3, -0.25) is 0 Å². The normalized spacial score (nSPS) is 24.0. The smallest absolute Gasteiger partial charge is 0.0517 e. The summed E-state index contributed by atoms with van der Waals surface area (Å²) in [6.45, 7) is 7.35. The number of hydrogen-bond donors (Lipinski definition) is 0. The topological polar surface area (TPSA) is 3.24 Å². The Bertz CT molecular complexity index is 1470. The van der Waals surface area contributed by atoms with Crippen LogP contribution in [-0.2, 0) is 11.8 Å². The van der Waals surface area contributed by atoms with E-state index < -0.39 is 0 Å². The average Bonchev–Trinajstić information content (AvgIpc) is 3.33. The second kappa shape index (κ2) is 7.34. The third-order valence-corrected chi connectivity index (χ3v) is 9.57. The highest BCUT2D eigenvalue weighted by molar-refractivity contribution is 5.84. The zero-order chi connectivity index (χ0) is 23.8. The predicted octanol–water partition coefficient (Wildman–Crippen LogP) is 8.98. The van der Waals surface area contributed by atoms with Crippen LogP contribution in [-0.4, -0.2) is 5.54 Å². The summed E-state index contributed by atoms with van der Waals surface area (Å²) in [6.07, 6.45) is 6.15. The van der Waals surface area contributed by atoms with Crippen molar-refractivity contribution < 1.29 is 0 Å². The molecule has 0 amide bonds. The van der Waals surface area contributed by atoms with Crippen molar-refractivity contribution in [1.29, 1.82) is 0 Å². The van der Waals surface area contributed by atoms with E-state index in [1.54, 1.807) is 0 Å². The molecule has 0 saturated heterocycles. The molecule has 174 valence electrons. The molecular formula is C34H33N. The van der Waals surface area contributed by atoms with E-state index in [2.05, 4.69) is 111 Å². The minimum atomic E-state index is 0.0968. The summed E-state index contributed by atoms with van der Waals surface area (Å²) < 4.78 is 0. The Balaban J connectivity index is 1.39. The lowest BCUT2D eigenvalue weighted by atomic mass is 9.61.